The Hall–Kier alpha value is -2.44. The molecule has 0 N–H and O–H groups in total. The molecule has 1 aliphatic carbocycles. The van der Waals surface area contributed by atoms with E-state index in [9.17, 15) is 4.79 Å². The van der Waals surface area contributed by atoms with Gasteiger partial charge in [-0.2, -0.15) is 4.68 Å². The lowest BCUT2D eigenvalue weighted by atomic mass is 9.82. The van der Waals surface area contributed by atoms with E-state index in [0.29, 0.717) is 28.8 Å². The predicted octanol–water partition coefficient (Wildman–Crippen LogP) is 1.93. The van der Waals surface area contributed by atoms with E-state index in [-0.39, 0.29) is 5.91 Å². The van der Waals surface area contributed by atoms with Gasteiger partial charge in [-0.15, -0.1) is 5.10 Å². The lowest BCUT2D eigenvalue weighted by molar-refractivity contribution is 0.0784. The number of nitrogens with zero attached hydrogens (tertiary/aromatic N) is 5. The number of likely N-dealkylation sites (tertiary alicyclic amines) is 1. The van der Waals surface area contributed by atoms with Gasteiger partial charge in [0.1, 0.15) is 17.8 Å². The SMILES string of the molecule is COc1ccc(C(=O)N2C[C@@H]3CCCC[C@H]3C2)cc1-n1cnnn1. The van der Waals surface area contributed by atoms with Crippen LogP contribution in [0.2, 0.25) is 0 Å². The first-order chi connectivity index (χ1) is 11.8. The molecule has 1 amide bonds. The first-order valence-corrected chi connectivity index (χ1v) is 8.47. The molecule has 7 nitrogen and oxygen atoms in total. The van der Waals surface area contributed by atoms with Crippen LogP contribution in [0.25, 0.3) is 5.69 Å². The number of amides is 1. The fraction of sp³-hybridized carbons (Fsp3) is 0.529. The standard InChI is InChI=1S/C17H21N5O2/c1-24-16-7-6-12(8-15(16)22-11-18-19-20-22)17(23)21-9-13-4-2-3-5-14(13)10-21/h6-8,11,13-14H,2-5,9-10H2,1H3/t13-,14-/m0/s1. The molecular formula is C17H21N5O2. The van der Waals surface area contributed by atoms with E-state index < -0.39 is 0 Å². The molecule has 2 aromatic rings. The third-order valence-corrected chi connectivity index (χ3v) is 5.29. The second-order valence-corrected chi connectivity index (χ2v) is 6.66. The van der Waals surface area contributed by atoms with Gasteiger partial charge in [0.25, 0.3) is 5.91 Å². The van der Waals surface area contributed by atoms with E-state index in [2.05, 4.69) is 15.5 Å². The molecule has 1 saturated heterocycles. The Morgan fingerprint density at radius 1 is 1.21 bits per heavy atom. The molecule has 1 aromatic heterocycles. The van der Waals surface area contributed by atoms with Gasteiger partial charge in [0.15, 0.2) is 0 Å². The molecule has 2 atom stereocenters. The molecule has 1 aliphatic heterocycles. The Kier molecular flexibility index (Phi) is 3.92. The van der Waals surface area contributed by atoms with Gasteiger partial charge >= 0.3 is 0 Å². The highest BCUT2D eigenvalue weighted by atomic mass is 16.5. The third kappa shape index (κ3) is 2.64. The topological polar surface area (TPSA) is 73.1 Å². The van der Waals surface area contributed by atoms with Gasteiger partial charge in [-0.3, -0.25) is 4.79 Å². The van der Waals surface area contributed by atoms with Crippen molar-refractivity contribution in [2.24, 2.45) is 11.8 Å². The van der Waals surface area contributed by atoms with Crippen molar-refractivity contribution in [2.45, 2.75) is 25.7 Å². The molecule has 24 heavy (non-hydrogen) atoms. The molecule has 4 rings (SSSR count). The maximum Gasteiger partial charge on any atom is 0.253 e. The van der Waals surface area contributed by atoms with Crippen LogP contribution >= 0.6 is 0 Å². The summed E-state index contributed by atoms with van der Waals surface area (Å²) in [7, 11) is 1.59. The molecule has 2 heterocycles. The summed E-state index contributed by atoms with van der Waals surface area (Å²) in [5.41, 5.74) is 1.32. The Morgan fingerprint density at radius 3 is 2.58 bits per heavy atom. The fourth-order valence-corrected chi connectivity index (χ4v) is 4.03. The van der Waals surface area contributed by atoms with Crippen LogP contribution in [0.1, 0.15) is 36.0 Å². The second kappa shape index (κ2) is 6.22. The summed E-state index contributed by atoms with van der Waals surface area (Å²) < 4.78 is 6.88. The highest BCUT2D eigenvalue weighted by Gasteiger charge is 2.36. The highest BCUT2D eigenvalue weighted by molar-refractivity contribution is 5.95. The van der Waals surface area contributed by atoms with Gasteiger partial charge in [-0.25, -0.2) is 0 Å². The minimum absolute atomic E-state index is 0.0846. The van der Waals surface area contributed by atoms with Crippen molar-refractivity contribution >= 4 is 5.91 Å². The number of tetrazole rings is 1. The van der Waals surface area contributed by atoms with Crippen molar-refractivity contribution in [3.05, 3.63) is 30.1 Å². The van der Waals surface area contributed by atoms with Gasteiger partial charge < -0.3 is 9.64 Å². The zero-order valence-corrected chi connectivity index (χ0v) is 13.8. The Balaban J connectivity index is 1.60. The summed E-state index contributed by atoms with van der Waals surface area (Å²) in [5, 5.41) is 11.2. The monoisotopic (exact) mass is 327 g/mol. The minimum atomic E-state index is 0.0846. The van der Waals surface area contributed by atoms with Crippen LogP contribution < -0.4 is 4.74 Å². The van der Waals surface area contributed by atoms with Gasteiger partial charge in [-0.1, -0.05) is 12.8 Å². The normalized spacial score (nSPS) is 23.1. The summed E-state index contributed by atoms with van der Waals surface area (Å²) in [4.78, 5) is 14.9. The van der Waals surface area contributed by atoms with Crippen LogP contribution in [-0.4, -0.2) is 51.2 Å². The number of carbonyl (C=O) groups excluding carboxylic acids is 1. The molecule has 1 aromatic carbocycles. The summed E-state index contributed by atoms with van der Waals surface area (Å²) in [5.74, 6) is 2.08. The number of carbonyl (C=O) groups is 1. The number of hydrogen-bond acceptors (Lipinski definition) is 5. The molecule has 0 bridgehead atoms. The summed E-state index contributed by atoms with van der Waals surface area (Å²) in [6.07, 6.45) is 6.61. The maximum atomic E-state index is 12.9. The van der Waals surface area contributed by atoms with E-state index in [1.165, 1.54) is 36.7 Å². The zero-order chi connectivity index (χ0) is 16.5. The molecule has 0 radical (unpaired) electrons. The minimum Gasteiger partial charge on any atom is -0.494 e. The highest BCUT2D eigenvalue weighted by Crippen LogP contribution is 2.36. The number of hydrogen-bond donors (Lipinski definition) is 0. The maximum absolute atomic E-state index is 12.9. The molecule has 2 fully saturated rings. The number of methoxy groups -OCH3 is 1. The van der Waals surface area contributed by atoms with E-state index >= 15 is 0 Å². The second-order valence-electron chi connectivity index (χ2n) is 6.66. The number of fused-ring (bicyclic) bond motifs is 1. The summed E-state index contributed by atoms with van der Waals surface area (Å²) in [6.45, 7) is 1.77. The fourth-order valence-electron chi connectivity index (χ4n) is 4.03. The molecule has 7 heteroatoms. The van der Waals surface area contributed by atoms with Crippen molar-refractivity contribution in [3.63, 3.8) is 0 Å². The number of ether oxygens (including phenoxy) is 1. The van der Waals surface area contributed by atoms with E-state index in [4.69, 9.17) is 4.74 Å². The molecule has 126 valence electrons. The van der Waals surface area contributed by atoms with E-state index in [1.807, 2.05) is 11.0 Å². The van der Waals surface area contributed by atoms with Crippen LogP contribution in [0, 0.1) is 11.8 Å². The summed E-state index contributed by atoms with van der Waals surface area (Å²) >= 11 is 0. The van der Waals surface area contributed by atoms with Gasteiger partial charge in [0, 0.05) is 18.7 Å². The van der Waals surface area contributed by atoms with Gasteiger partial charge in [-0.05, 0) is 53.3 Å². The van der Waals surface area contributed by atoms with E-state index in [1.54, 1.807) is 19.2 Å². The number of aromatic nitrogens is 4. The van der Waals surface area contributed by atoms with Crippen LogP contribution in [0.3, 0.4) is 0 Å². The Morgan fingerprint density at radius 2 is 1.96 bits per heavy atom. The number of benzene rings is 1. The van der Waals surface area contributed by atoms with Crippen molar-refractivity contribution in [1.29, 1.82) is 0 Å². The molecule has 0 unspecified atom stereocenters. The van der Waals surface area contributed by atoms with Crippen molar-refractivity contribution in [2.75, 3.05) is 20.2 Å². The number of rotatable bonds is 3. The van der Waals surface area contributed by atoms with Crippen LogP contribution in [-0.2, 0) is 0 Å². The van der Waals surface area contributed by atoms with Crippen molar-refractivity contribution < 1.29 is 9.53 Å². The van der Waals surface area contributed by atoms with Gasteiger partial charge in [0.2, 0.25) is 0 Å². The molecule has 2 aliphatic rings. The average molecular weight is 327 g/mol. The van der Waals surface area contributed by atoms with Gasteiger partial charge in [0.05, 0.1) is 7.11 Å². The molecule has 0 spiro atoms. The third-order valence-electron chi connectivity index (χ3n) is 5.29. The van der Waals surface area contributed by atoms with Crippen LogP contribution in [0.4, 0.5) is 0 Å². The first kappa shape index (κ1) is 15.1. The van der Waals surface area contributed by atoms with Crippen molar-refractivity contribution in [1.82, 2.24) is 25.1 Å². The molecular weight excluding hydrogens is 306 g/mol. The predicted molar refractivity (Wildman–Crippen MR) is 87.1 cm³/mol. The first-order valence-electron chi connectivity index (χ1n) is 8.47. The van der Waals surface area contributed by atoms with E-state index in [0.717, 1.165) is 13.1 Å². The lowest BCUT2D eigenvalue weighted by Gasteiger charge is -2.22. The van der Waals surface area contributed by atoms with Crippen LogP contribution in [0.15, 0.2) is 24.5 Å². The largest absolute Gasteiger partial charge is 0.494 e. The zero-order valence-electron chi connectivity index (χ0n) is 13.8. The summed E-state index contributed by atoms with van der Waals surface area (Å²) in [6, 6.07) is 5.42. The molecule has 1 saturated carbocycles. The van der Waals surface area contributed by atoms with Crippen molar-refractivity contribution in [3.8, 4) is 11.4 Å². The lowest BCUT2D eigenvalue weighted by Crippen LogP contribution is -2.29. The van der Waals surface area contributed by atoms with Crippen LogP contribution in [0.5, 0.6) is 5.75 Å². The quantitative estimate of drug-likeness (QED) is 0.861. The Bertz CT molecular complexity index is 717. The Labute approximate surface area is 140 Å². The smallest absolute Gasteiger partial charge is 0.253 e. The average Bonchev–Trinajstić information content (AvgIpc) is 3.29.